The normalized spacial score (nSPS) is 13.8. The Morgan fingerprint density at radius 2 is 1.88 bits per heavy atom. The number of hydrogen-bond acceptors (Lipinski definition) is 5. The van der Waals surface area contributed by atoms with Gasteiger partial charge in [0.15, 0.2) is 0 Å². The van der Waals surface area contributed by atoms with Gasteiger partial charge in [-0.25, -0.2) is 9.78 Å². The number of hydrogen-bond donors (Lipinski definition) is 2. The maximum atomic E-state index is 12.8. The van der Waals surface area contributed by atoms with Gasteiger partial charge in [-0.3, -0.25) is 4.79 Å². The third-order valence-electron chi connectivity index (χ3n) is 5.78. The molecule has 2 aromatic heterocycles. The number of anilines is 1. The number of carbonyl (C=O) groups is 2. The molecule has 0 fully saturated rings. The third kappa shape index (κ3) is 3.66. The number of nitrogens with zero attached hydrogens (tertiary/aromatic N) is 1. The number of benzene rings is 2. The molecule has 0 bridgehead atoms. The molecule has 6 nitrogen and oxygen atoms in total. The predicted molar refractivity (Wildman–Crippen MR) is 131 cm³/mol. The van der Waals surface area contributed by atoms with Crippen molar-refractivity contribution >= 4 is 40.5 Å². The summed E-state index contributed by atoms with van der Waals surface area (Å²) in [5, 5.41) is 5.90. The van der Waals surface area contributed by atoms with Gasteiger partial charge in [0.2, 0.25) is 0 Å². The molecule has 33 heavy (non-hydrogen) atoms. The number of aromatic nitrogens is 2. The Morgan fingerprint density at radius 3 is 2.64 bits per heavy atom. The van der Waals surface area contributed by atoms with Crippen molar-refractivity contribution in [2.75, 3.05) is 12.4 Å². The summed E-state index contributed by atoms with van der Waals surface area (Å²) in [7, 11) is 1.36. The maximum Gasteiger partial charge on any atom is 0.339 e. The number of aryl methyl sites for hydroxylation is 1. The maximum absolute atomic E-state index is 12.8. The van der Waals surface area contributed by atoms with Gasteiger partial charge in [0.1, 0.15) is 5.01 Å². The summed E-state index contributed by atoms with van der Waals surface area (Å²) in [4.78, 5) is 32.9. The van der Waals surface area contributed by atoms with Crippen LogP contribution in [-0.4, -0.2) is 29.0 Å². The van der Waals surface area contributed by atoms with Crippen LogP contribution in [0.15, 0.2) is 53.9 Å². The Bertz CT molecular complexity index is 1430. The largest absolute Gasteiger partial charge is 0.465 e. The Morgan fingerprint density at radius 1 is 1.09 bits per heavy atom. The van der Waals surface area contributed by atoms with Crippen molar-refractivity contribution in [2.45, 2.75) is 13.8 Å². The molecule has 2 N–H and O–H groups in total. The predicted octanol–water partition coefficient (Wildman–Crippen LogP) is 5.70. The molecule has 4 aromatic rings. The molecule has 3 heterocycles. The molecule has 0 unspecified atom stereocenters. The van der Waals surface area contributed by atoms with Crippen LogP contribution in [0.4, 0.5) is 5.69 Å². The van der Waals surface area contributed by atoms with E-state index < -0.39 is 5.97 Å². The molecule has 1 amide bonds. The van der Waals surface area contributed by atoms with E-state index in [0.717, 1.165) is 38.6 Å². The van der Waals surface area contributed by atoms with E-state index in [-0.39, 0.29) is 5.91 Å². The fraction of sp³-hybridized carbons (Fsp3) is 0.115. The van der Waals surface area contributed by atoms with Crippen molar-refractivity contribution < 1.29 is 14.3 Å². The van der Waals surface area contributed by atoms with Crippen LogP contribution in [0.25, 0.3) is 33.5 Å². The first-order valence-corrected chi connectivity index (χ1v) is 11.3. The quantitative estimate of drug-likeness (QED) is 0.305. The average Bonchev–Trinajstić information content (AvgIpc) is 3.51. The lowest BCUT2D eigenvalue weighted by atomic mass is 10.0. The molecule has 0 radical (unpaired) electrons. The lowest BCUT2D eigenvalue weighted by Gasteiger charge is -2.03. The van der Waals surface area contributed by atoms with Crippen molar-refractivity contribution in [1.29, 1.82) is 0 Å². The van der Waals surface area contributed by atoms with E-state index in [1.54, 1.807) is 17.4 Å². The Labute approximate surface area is 195 Å². The smallest absolute Gasteiger partial charge is 0.339 e. The minimum absolute atomic E-state index is 0.184. The second kappa shape index (κ2) is 8.18. The van der Waals surface area contributed by atoms with Crippen molar-refractivity contribution in [1.82, 2.24) is 9.97 Å². The van der Waals surface area contributed by atoms with Gasteiger partial charge in [0.25, 0.3) is 5.91 Å². The van der Waals surface area contributed by atoms with E-state index in [2.05, 4.69) is 10.3 Å². The number of amides is 1. The summed E-state index contributed by atoms with van der Waals surface area (Å²) in [5.41, 5.74) is 7.61. The van der Waals surface area contributed by atoms with E-state index in [1.165, 1.54) is 7.11 Å². The molecule has 1 aliphatic rings. The molecule has 7 heteroatoms. The van der Waals surface area contributed by atoms with Gasteiger partial charge in [-0.2, -0.15) is 0 Å². The van der Waals surface area contributed by atoms with Crippen LogP contribution >= 0.6 is 11.3 Å². The molecular weight excluding hydrogens is 434 g/mol. The van der Waals surface area contributed by atoms with Crippen molar-refractivity contribution in [3.8, 4) is 21.8 Å². The number of carbonyl (C=O) groups excluding carboxylic acids is 2. The Kier molecular flexibility index (Phi) is 5.18. The van der Waals surface area contributed by atoms with Crippen LogP contribution in [0.1, 0.15) is 32.9 Å². The van der Waals surface area contributed by atoms with Crippen LogP contribution in [-0.2, 0) is 9.53 Å². The van der Waals surface area contributed by atoms with Crippen molar-refractivity contribution in [3.05, 3.63) is 82.0 Å². The molecule has 164 valence electrons. The first-order valence-electron chi connectivity index (χ1n) is 10.4. The monoisotopic (exact) mass is 455 g/mol. The number of H-pyrrole nitrogens is 1. The summed E-state index contributed by atoms with van der Waals surface area (Å²) in [6, 6.07) is 15.9. The molecule has 5 rings (SSSR count). The number of esters is 1. The standard InChI is InChI=1S/C26H21N3O3S/c1-14-21(27-15(2)23(14)26(31)32-3)12-19-18-11-17(9-10-20(18)28-24(19)30)22-13-33-25(29-22)16-7-5-4-6-8-16/h4-13,27H,1-3H3,(H,28,30). The number of rotatable bonds is 4. The van der Waals surface area contributed by atoms with E-state index in [0.29, 0.717) is 22.5 Å². The van der Waals surface area contributed by atoms with E-state index >= 15 is 0 Å². The highest BCUT2D eigenvalue weighted by Gasteiger charge is 2.26. The molecule has 1 aliphatic heterocycles. The van der Waals surface area contributed by atoms with Gasteiger partial charge in [-0.05, 0) is 37.6 Å². The SMILES string of the molecule is COC(=O)c1c(C)[nH]c(C=C2C(=O)Nc3ccc(-c4csc(-c5ccccc5)n4)cc32)c1C. The minimum atomic E-state index is -0.401. The average molecular weight is 456 g/mol. The molecule has 0 saturated carbocycles. The summed E-state index contributed by atoms with van der Waals surface area (Å²) in [5.74, 6) is -0.584. The highest BCUT2D eigenvalue weighted by atomic mass is 32.1. The second-order valence-corrected chi connectivity index (χ2v) is 8.69. The van der Waals surface area contributed by atoms with Crippen LogP contribution < -0.4 is 5.32 Å². The summed E-state index contributed by atoms with van der Waals surface area (Å²) in [6.07, 6.45) is 1.79. The topological polar surface area (TPSA) is 84.1 Å². The van der Waals surface area contributed by atoms with Crippen LogP contribution in [0, 0.1) is 13.8 Å². The fourth-order valence-electron chi connectivity index (χ4n) is 4.08. The van der Waals surface area contributed by atoms with Gasteiger partial charge in [-0.15, -0.1) is 11.3 Å². The Balaban J connectivity index is 1.54. The molecule has 0 atom stereocenters. The van der Waals surface area contributed by atoms with Crippen LogP contribution in [0.5, 0.6) is 0 Å². The molecule has 0 spiro atoms. The first-order chi connectivity index (χ1) is 16.0. The lowest BCUT2D eigenvalue weighted by molar-refractivity contribution is -0.110. The number of methoxy groups -OCH3 is 1. The first kappa shape index (κ1) is 20.9. The highest BCUT2D eigenvalue weighted by Crippen LogP contribution is 2.38. The summed E-state index contributed by atoms with van der Waals surface area (Å²) in [6.45, 7) is 3.65. The van der Waals surface area contributed by atoms with Crippen molar-refractivity contribution in [3.63, 3.8) is 0 Å². The molecule has 2 aromatic carbocycles. The van der Waals surface area contributed by atoms with Crippen LogP contribution in [0.2, 0.25) is 0 Å². The van der Waals surface area contributed by atoms with E-state index in [9.17, 15) is 9.59 Å². The van der Waals surface area contributed by atoms with E-state index in [1.807, 2.05) is 67.8 Å². The summed E-state index contributed by atoms with van der Waals surface area (Å²) >= 11 is 1.59. The van der Waals surface area contributed by atoms with Gasteiger partial charge in [-0.1, -0.05) is 36.4 Å². The number of thiazole rings is 1. The number of nitrogens with one attached hydrogen (secondary N) is 2. The molecule has 0 aliphatic carbocycles. The second-order valence-electron chi connectivity index (χ2n) is 7.83. The van der Waals surface area contributed by atoms with Gasteiger partial charge in [0, 0.05) is 39.1 Å². The number of aromatic amines is 1. The zero-order valence-electron chi connectivity index (χ0n) is 18.4. The van der Waals surface area contributed by atoms with Gasteiger partial charge < -0.3 is 15.0 Å². The molecular formula is C26H21N3O3S. The Hall–Kier alpha value is -3.97. The van der Waals surface area contributed by atoms with Gasteiger partial charge in [0.05, 0.1) is 23.9 Å². The minimum Gasteiger partial charge on any atom is -0.465 e. The van der Waals surface area contributed by atoms with Gasteiger partial charge >= 0.3 is 5.97 Å². The summed E-state index contributed by atoms with van der Waals surface area (Å²) < 4.78 is 4.89. The third-order valence-corrected chi connectivity index (χ3v) is 6.67. The zero-order valence-corrected chi connectivity index (χ0v) is 19.2. The lowest BCUT2D eigenvalue weighted by Crippen LogP contribution is -2.04. The van der Waals surface area contributed by atoms with Crippen LogP contribution in [0.3, 0.4) is 0 Å². The fourth-order valence-corrected chi connectivity index (χ4v) is 4.92. The highest BCUT2D eigenvalue weighted by molar-refractivity contribution is 7.13. The molecule has 0 saturated heterocycles. The van der Waals surface area contributed by atoms with E-state index in [4.69, 9.17) is 9.72 Å². The number of ether oxygens (including phenoxy) is 1. The zero-order chi connectivity index (χ0) is 23.1. The number of fused-ring (bicyclic) bond motifs is 1. The van der Waals surface area contributed by atoms with Crippen molar-refractivity contribution in [2.24, 2.45) is 0 Å².